The van der Waals surface area contributed by atoms with Crippen molar-refractivity contribution < 1.29 is 14.3 Å². The van der Waals surface area contributed by atoms with Gasteiger partial charge >= 0.3 is 0 Å². The van der Waals surface area contributed by atoms with Crippen molar-refractivity contribution in [1.29, 1.82) is 0 Å². The van der Waals surface area contributed by atoms with Crippen LogP contribution in [-0.2, 0) is 28.3 Å². The highest BCUT2D eigenvalue weighted by Gasteiger charge is 2.31. The van der Waals surface area contributed by atoms with Gasteiger partial charge in [-0.2, -0.15) is 0 Å². The standard InChI is InChI=1S/C30H34Cl2N2O3S/c1-3-4-17-33-30(36)28(18-22-9-6-5-7-10-22)34(19-25-26(31)11-8-12-27(25)32)29(35)21-38-20-23-13-15-24(37-2)16-14-23/h5-16,28H,3-4,17-21H2,1-2H3,(H,33,36). The van der Waals surface area contributed by atoms with E-state index >= 15 is 0 Å². The SMILES string of the molecule is CCCCNC(=O)C(Cc1ccccc1)N(Cc1c(Cl)cccc1Cl)C(=O)CSCc1ccc(OC)cc1. The Morgan fingerprint density at radius 2 is 1.63 bits per heavy atom. The van der Waals surface area contributed by atoms with E-state index in [1.54, 1.807) is 30.2 Å². The van der Waals surface area contributed by atoms with Crippen LogP contribution in [0.15, 0.2) is 72.8 Å². The van der Waals surface area contributed by atoms with Gasteiger partial charge in [0.1, 0.15) is 11.8 Å². The van der Waals surface area contributed by atoms with Crippen molar-refractivity contribution in [3.05, 3.63) is 99.5 Å². The second-order valence-corrected chi connectivity index (χ2v) is 10.7. The molecule has 202 valence electrons. The van der Waals surface area contributed by atoms with Crippen LogP contribution >= 0.6 is 35.0 Å². The maximum Gasteiger partial charge on any atom is 0.243 e. The number of rotatable bonds is 14. The third-order valence-corrected chi connectivity index (χ3v) is 7.84. The Morgan fingerprint density at radius 1 is 0.947 bits per heavy atom. The summed E-state index contributed by atoms with van der Waals surface area (Å²) in [5.74, 6) is 1.32. The van der Waals surface area contributed by atoms with Crippen LogP contribution in [0.25, 0.3) is 0 Å². The van der Waals surface area contributed by atoms with Gasteiger partial charge in [-0.3, -0.25) is 9.59 Å². The molecule has 0 fully saturated rings. The first-order chi connectivity index (χ1) is 18.4. The molecular formula is C30H34Cl2N2O3S. The van der Waals surface area contributed by atoms with Crippen molar-refractivity contribution in [1.82, 2.24) is 10.2 Å². The third kappa shape index (κ3) is 8.97. The summed E-state index contributed by atoms with van der Waals surface area (Å²) in [6, 6.07) is 22.1. The zero-order valence-electron chi connectivity index (χ0n) is 21.8. The van der Waals surface area contributed by atoms with Crippen LogP contribution in [0.5, 0.6) is 5.75 Å². The van der Waals surface area contributed by atoms with Crippen LogP contribution in [0.2, 0.25) is 10.0 Å². The van der Waals surface area contributed by atoms with Crippen molar-refractivity contribution >= 4 is 46.8 Å². The molecule has 0 aliphatic rings. The second kappa shape index (κ2) is 15.7. The predicted octanol–water partition coefficient (Wildman–Crippen LogP) is 6.79. The number of carbonyl (C=O) groups excluding carboxylic acids is 2. The van der Waals surface area contributed by atoms with Crippen molar-refractivity contribution in [2.75, 3.05) is 19.4 Å². The predicted molar refractivity (Wildman–Crippen MR) is 158 cm³/mol. The number of unbranched alkanes of at least 4 members (excludes halogenated alkanes) is 1. The number of thioether (sulfide) groups is 1. The Labute approximate surface area is 239 Å². The molecule has 0 radical (unpaired) electrons. The van der Waals surface area contributed by atoms with Gasteiger partial charge in [0.25, 0.3) is 0 Å². The van der Waals surface area contributed by atoms with Crippen LogP contribution in [0.1, 0.15) is 36.5 Å². The van der Waals surface area contributed by atoms with Crippen LogP contribution in [-0.4, -0.2) is 42.2 Å². The van der Waals surface area contributed by atoms with Gasteiger partial charge in [-0.25, -0.2) is 0 Å². The molecule has 0 aliphatic heterocycles. The smallest absolute Gasteiger partial charge is 0.243 e. The Hall–Kier alpha value is -2.67. The molecule has 1 unspecified atom stereocenters. The van der Waals surface area contributed by atoms with Crippen LogP contribution < -0.4 is 10.1 Å². The highest BCUT2D eigenvalue weighted by atomic mass is 35.5. The fourth-order valence-corrected chi connectivity index (χ4v) is 5.36. The molecule has 1 atom stereocenters. The molecule has 0 bridgehead atoms. The monoisotopic (exact) mass is 572 g/mol. The van der Waals surface area contributed by atoms with Crippen molar-refractivity contribution in [2.45, 2.75) is 44.5 Å². The lowest BCUT2D eigenvalue weighted by atomic mass is 10.0. The second-order valence-electron chi connectivity index (χ2n) is 8.91. The van der Waals surface area contributed by atoms with Gasteiger partial charge in [0.05, 0.1) is 12.9 Å². The number of amides is 2. The quantitative estimate of drug-likeness (QED) is 0.216. The summed E-state index contributed by atoms with van der Waals surface area (Å²) >= 11 is 14.5. The number of hydrogen-bond acceptors (Lipinski definition) is 4. The first-order valence-electron chi connectivity index (χ1n) is 12.7. The minimum atomic E-state index is -0.712. The van der Waals surface area contributed by atoms with Crippen LogP contribution in [0, 0.1) is 0 Å². The minimum absolute atomic E-state index is 0.138. The largest absolute Gasteiger partial charge is 0.497 e. The minimum Gasteiger partial charge on any atom is -0.497 e. The first kappa shape index (κ1) is 29.9. The fraction of sp³-hybridized carbons (Fsp3) is 0.333. The number of ether oxygens (including phenoxy) is 1. The average molecular weight is 574 g/mol. The lowest BCUT2D eigenvalue weighted by Crippen LogP contribution is -2.51. The van der Waals surface area contributed by atoms with Crippen molar-refractivity contribution in [3.63, 3.8) is 0 Å². The van der Waals surface area contributed by atoms with Gasteiger partial charge in [-0.1, -0.05) is 85.1 Å². The summed E-state index contributed by atoms with van der Waals surface area (Å²) in [4.78, 5) is 28.9. The summed E-state index contributed by atoms with van der Waals surface area (Å²) in [5, 5.41) is 3.96. The number of nitrogens with zero attached hydrogens (tertiary/aromatic N) is 1. The molecule has 3 aromatic carbocycles. The zero-order valence-corrected chi connectivity index (χ0v) is 24.1. The van der Waals surface area contributed by atoms with Gasteiger partial charge < -0.3 is 15.0 Å². The summed E-state index contributed by atoms with van der Waals surface area (Å²) in [6.45, 7) is 2.77. The number of carbonyl (C=O) groups is 2. The van der Waals surface area contributed by atoms with E-state index in [0.717, 1.165) is 29.7 Å². The molecule has 0 aromatic heterocycles. The van der Waals surface area contributed by atoms with Gasteiger partial charge in [0, 0.05) is 40.9 Å². The average Bonchev–Trinajstić information content (AvgIpc) is 2.93. The van der Waals surface area contributed by atoms with Crippen LogP contribution in [0.3, 0.4) is 0 Å². The van der Waals surface area contributed by atoms with E-state index in [1.807, 2.05) is 54.6 Å². The topological polar surface area (TPSA) is 58.6 Å². The highest BCUT2D eigenvalue weighted by molar-refractivity contribution is 7.99. The Balaban J connectivity index is 1.85. The molecule has 3 aromatic rings. The molecule has 2 amide bonds. The van der Waals surface area contributed by atoms with E-state index in [2.05, 4.69) is 12.2 Å². The Kier molecular flexibility index (Phi) is 12.3. The zero-order chi connectivity index (χ0) is 27.3. The third-order valence-electron chi connectivity index (χ3n) is 6.14. The van der Waals surface area contributed by atoms with Crippen LogP contribution in [0.4, 0.5) is 0 Å². The normalized spacial score (nSPS) is 11.6. The molecule has 38 heavy (non-hydrogen) atoms. The fourth-order valence-electron chi connectivity index (χ4n) is 3.97. The molecule has 0 heterocycles. The van der Waals surface area contributed by atoms with E-state index < -0.39 is 6.04 Å². The lowest BCUT2D eigenvalue weighted by molar-refractivity contribution is -0.139. The number of hydrogen-bond donors (Lipinski definition) is 1. The molecule has 0 spiro atoms. The number of nitrogens with one attached hydrogen (secondary N) is 1. The maximum atomic E-state index is 13.7. The number of methoxy groups -OCH3 is 1. The summed E-state index contributed by atoms with van der Waals surface area (Å²) < 4.78 is 5.22. The molecule has 0 saturated carbocycles. The molecule has 3 rings (SSSR count). The summed E-state index contributed by atoms with van der Waals surface area (Å²) in [7, 11) is 1.63. The van der Waals surface area contributed by atoms with E-state index in [1.165, 1.54) is 11.8 Å². The molecular weight excluding hydrogens is 539 g/mol. The maximum absolute atomic E-state index is 13.7. The highest BCUT2D eigenvalue weighted by Crippen LogP contribution is 2.28. The number of benzene rings is 3. The van der Waals surface area contributed by atoms with Crippen molar-refractivity contribution in [3.8, 4) is 5.75 Å². The number of halogens is 2. The Bertz CT molecular complexity index is 1160. The molecule has 8 heteroatoms. The van der Waals surface area contributed by atoms with E-state index in [0.29, 0.717) is 34.3 Å². The summed E-state index contributed by atoms with van der Waals surface area (Å²) in [5.41, 5.74) is 2.68. The first-order valence-corrected chi connectivity index (χ1v) is 14.6. The Morgan fingerprint density at radius 3 is 2.26 bits per heavy atom. The molecule has 5 nitrogen and oxygen atoms in total. The molecule has 1 N–H and O–H groups in total. The van der Waals surface area contributed by atoms with E-state index in [9.17, 15) is 9.59 Å². The van der Waals surface area contributed by atoms with Gasteiger partial charge in [-0.05, 0) is 41.8 Å². The van der Waals surface area contributed by atoms with Gasteiger partial charge in [0.2, 0.25) is 11.8 Å². The molecule has 0 aliphatic carbocycles. The van der Waals surface area contributed by atoms with Gasteiger partial charge in [0.15, 0.2) is 0 Å². The lowest BCUT2D eigenvalue weighted by Gasteiger charge is -2.32. The molecule has 0 saturated heterocycles. The van der Waals surface area contributed by atoms with Crippen molar-refractivity contribution in [2.24, 2.45) is 0 Å². The summed E-state index contributed by atoms with van der Waals surface area (Å²) in [6.07, 6.45) is 2.21. The van der Waals surface area contributed by atoms with E-state index in [-0.39, 0.29) is 24.1 Å². The van der Waals surface area contributed by atoms with Gasteiger partial charge in [-0.15, -0.1) is 11.8 Å². The van der Waals surface area contributed by atoms with E-state index in [4.69, 9.17) is 27.9 Å².